The third-order valence-corrected chi connectivity index (χ3v) is 5.12. The SMILES string of the molecule is C[C@H](C(=O)N1CCCC[C@@H]1c1nccs1)c1cccc(F)c1. The van der Waals surface area contributed by atoms with Crippen LogP contribution < -0.4 is 0 Å². The van der Waals surface area contributed by atoms with Crippen LogP contribution in [0.1, 0.15) is 48.7 Å². The number of thiazole rings is 1. The van der Waals surface area contributed by atoms with Crippen LogP contribution in [0.2, 0.25) is 0 Å². The summed E-state index contributed by atoms with van der Waals surface area (Å²) in [5, 5.41) is 2.95. The van der Waals surface area contributed by atoms with E-state index >= 15 is 0 Å². The van der Waals surface area contributed by atoms with Crippen LogP contribution in [0.5, 0.6) is 0 Å². The molecule has 0 saturated carbocycles. The van der Waals surface area contributed by atoms with E-state index < -0.39 is 0 Å². The quantitative estimate of drug-likeness (QED) is 0.852. The van der Waals surface area contributed by atoms with Crippen molar-refractivity contribution in [3.63, 3.8) is 0 Å². The number of hydrogen-bond acceptors (Lipinski definition) is 3. The number of hydrogen-bond donors (Lipinski definition) is 0. The summed E-state index contributed by atoms with van der Waals surface area (Å²) in [4.78, 5) is 19.2. The molecule has 0 radical (unpaired) electrons. The standard InChI is InChI=1S/C17H19FN2OS/c1-12(13-5-4-6-14(18)11-13)17(21)20-9-3-2-7-15(20)16-19-8-10-22-16/h4-6,8,10-12,15H,2-3,7,9H2,1H3/t12-,15+/m0/s1. The fourth-order valence-corrected chi connectivity index (χ4v) is 3.80. The monoisotopic (exact) mass is 318 g/mol. The molecular weight excluding hydrogens is 299 g/mol. The molecule has 0 bridgehead atoms. The second-order valence-corrected chi connectivity index (χ2v) is 6.62. The van der Waals surface area contributed by atoms with E-state index in [1.807, 2.05) is 23.3 Å². The Morgan fingerprint density at radius 2 is 2.32 bits per heavy atom. The number of likely N-dealkylation sites (tertiary alicyclic amines) is 1. The number of nitrogens with zero attached hydrogens (tertiary/aromatic N) is 2. The number of halogens is 1. The zero-order valence-corrected chi connectivity index (χ0v) is 13.4. The zero-order chi connectivity index (χ0) is 15.5. The maximum atomic E-state index is 13.4. The molecule has 1 aromatic carbocycles. The number of benzene rings is 1. The Morgan fingerprint density at radius 3 is 3.05 bits per heavy atom. The van der Waals surface area contributed by atoms with Crippen LogP contribution in [0.3, 0.4) is 0 Å². The molecule has 1 saturated heterocycles. The lowest BCUT2D eigenvalue weighted by Gasteiger charge is -2.36. The summed E-state index contributed by atoms with van der Waals surface area (Å²) in [6.07, 6.45) is 4.87. The van der Waals surface area contributed by atoms with Gasteiger partial charge >= 0.3 is 0 Å². The summed E-state index contributed by atoms with van der Waals surface area (Å²) in [5.74, 6) is -0.575. The first-order chi connectivity index (χ1) is 10.7. The molecule has 2 aromatic rings. The van der Waals surface area contributed by atoms with Crippen molar-refractivity contribution in [1.29, 1.82) is 0 Å². The highest BCUT2D eigenvalue weighted by molar-refractivity contribution is 7.09. The van der Waals surface area contributed by atoms with E-state index in [1.54, 1.807) is 23.6 Å². The van der Waals surface area contributed by atoms with Crippen molar-refractivity contribution in [3.05, 3.63) is 52.2 Å². The highest BCUT2D eigenvalue weighted by Crippen LogP contribution is 2.34. The third-order valence-electron chi connectivity index (χ3n) is 4.24. The summed E-state index contributed by atoms with van der Waals surface area (Å²) >= 11 is 1.60. The predicted molar refractivity (Wildman–Crippen MR) is 85.2 cm³/mol. The lowest BCUT2D eigenvalue weighted by molar-refractivity contribution is -0.136. The Morgan fingerprint density at radius 1 is 1.45 bits per heavy atom. The highest BCUT2D eigenvalue weighted by Gasteiger charge is 2.32. The van der Waals surface area contributed by atoms with Crippen LogP contribution in [0.25, 0.3) is 0 Å². The number of rotatable bonds is 3. The van der Waals surface area contributed by atoms with Crippen molar-refractivity contribution in [2.75, 3.05) is 6.54 Å². The van der Waals surface area contributed by atoms with Gasteiger partial charge in [-0.15, -0.1) is 11.3 Å². The van der Waals surface area contributed by atoms with Crippen LogP contribution in [0.15, 0.2) is 35.8 Å². The van der Waals surface area contributed by atoms with Crippen molar-refractivity contribution in [2.45, 2.75) is 38.1 Å². The number of amides is 1. The number of aromatic nitrogens is 1. The molecule has 2 heterocycles. The van der Waals surface area contributed by atoms with E-state index in [1.165, 1.54) is 12.1 Å². The molecule has 2 atom stereocenters. The van der Waals surface area contributed by atoms with Gasteiger partial charge in [-0.25, -0.2) is 9.37 Å². The maximum Gasteiger partial charge on any atom is 0.230 e. The normalized spacial score (nSPS) is 19.9. The van der Waals surface area contributed by atoms with Crippen molar-refractivity contribution in [1.82, 2.24) is 9.88 Å². The number of piperidine rings is 1. The van der Waals surface area contributed by atoms with Crippen LogP contribution in [-0.4, -0.2) is 22.3 Å². The molecule has 0 unspecified atom stereocenters. The Balaban J connectivity index is 1.82. The number of carbonyl (C=O) groups excluding carboxylic acids is 1. The summed E-state index contributed by atoms with van der Waals surface area (Å²) < 4.78 is 13.4. The van der Waals surface area contributed by atoms with Crippen LogP contribution in [-0.2, 0) is 4.79 Å². The van der Waals surface area contributed by atoms with Gasteiger partial charge in [0.1, 0.15) is 10.8 Å². The van der Waals surface area contributed by atoms with Gasteiger partial charge in [0, 0.05) is 18.1 Å². The molecule has 1 amide bonds. The molecule has 22 heavy (non-hydrogen) atoms. The molecule has 116 valence electrons. The summed E-state index contributed by atoms with van der Waals surface area (Å²) in [6, 6.07) is 6.39. The van der Waals surface area contributed by atoms with E-state index in [0.717, 1.165) is 36.4 Å². The molecular formula is C17H19FN2OS. The first kappa shape index (κ1) is 15.2. The van der Waals surface area contributed by atoms with E-state index in [2.05, 4.69) is 4.98 Å². The molecule has 1 aliphatic rings. The maximum absolute atomic E-state index is 13.4. The molecule has 5 heteroatoms. The van der Waals surface area contributed by atoms with Crippen molar-refractivity contribution in [3.8, 4) is 0 Å². The molecule has 3 nitrogen and oxygen atoms in total. The van der Waals surface area contributed by atoms with E-state index in [4.69, 9.17) is 0 Å². The Kier molecular flexibility index (Phi) is 4.52. The Labute approximate surface area is 133 Å². The second kappa shape index (κ2) is 6.57. The van der Waals surface area contributed by atoms with Gasteiger partial charge in [-0.05, 0) is 43.9 Å². The first-order valence-corrected chi connectivity index (χ1v) is 8.50. The lowest BCUT2D eigenvalue weighted by atomic mass is 9.95. The Bertz CT molecular complexity index is 644. The second-order valence-electron chi connectivity index (χ2n) is 5.69. The minimum Gasteiger partial charge on any atom is -0.333 e. The van der Waals surface area contributed by atoms with Crippen LogP contribution in [0, 0.1) is 5.82 Å². The van der Waals surface area contributed by atoms with Crippen molar-refractivity contribution < 1.29 is 9.18 Å². The van der Waals surface area contributed by atoms with Gasteiger partial charge in [0.25, 0.3) is 0 Å². The minimum atomic E-state index is -0.337. The summed E-state index contributed by atoms with van der Waals surface area (Å²) in [6.45, 7) is 2.60. The molecule has 1 aliphatic heterocycles. The van der Waals surface area contributed by atoms with Gasteiger partial charge in [0.15, 0.2) is 0 Å². The topological polar surface area (TPSA) is 33.2 Å². The summed E-state index contributed by atoms with van der Waals surface area (Å²) in [5.41, 5.74) is 0.730. The van der Waals surface area contributed by atoms with Crippen LogP contribution in [0.4, 0.5) is 4.39 Å². The molecule has 1 aromatic heterocycles. The van der Waals surface area contributed by atoms with Crippen molar-refractivity contribution in [2.24, 2.45) is 0 Å². The smallest absolute Gasteiger partial charge is 0.230 e. The van der Waals surface area contributed by atoms with Gasteiger partial charge in [-0.3, -0.25) is 4.79 Å². The van der Waals surface area contributed by atoms with E-state index in [-0.39, 0.29) is 23.7 Å². The van der Waals surface area contributed by atoms with Gasteiger partial charge in [-0.1, -0.05) is 12.1 Å². The fourth-order valence-electron chi connectivity index (χ4n) is 3.02. The summed E-state index contributed by atoms with van der Waals surface area (Å²) in [7, 11) is 0. The third kappa shape index (κ3) is 3.04. The van der Waals surface area contributed by atoms with E-state index in [9.17, 15) is 9.18 Å². The molecule has 1 fully saturated rings. The molecule has 3 rings (SSSR count). The van der Waals surface area contributed by atoms with E-state index in [0.29, 0.717) is 0 Å². The highest BCUT2D eigenvalue weighted by atomic mass is 32.1. The van der Waals surface area contributed by atoms with Crippen LogP contribution >= 0.6 is 11.3 Å². The Hall–Kier alpha value is -1.75. The average molecular weight is 318 g/mol. The van der Waals surface area contributed by atoms with Crippen molar-refractivity contribution >= 4 is 17.2 Å². The zero-order valence-electron chi connectivity index (χ0n) is 12.5. The minimum absolute atomic E-state index is 0.0606. The van der Waals surface area contributed by atoms with Gasteiger partial charge in [-0.2, -0.15) is 0 Å². The largest absolute Gasteiger partial charge is 0.333 e. The van der Waals surface area contributed by atoms with Gasteiger partial charge < -0.3 is 4.90 Å². The molecule has 0 N–H and O–H groups in total. The molecule has 0 aliphatic carbocycles. The predicted octanol–water partition coefficient (Wildman–Crippen LogP) is 4.14. The molecule has 0 spiro atoms. The van der Waals surface area contributed by atoms with Gasteiger partial charge in [0.2, 0.25) is 5.91 Å². The average Bonchev–Trinajstić information content (AvgIpc) is 3.08. The van der Waals surface area contributed by atoms with Gasteiger partial charge in [0.05, 0.1) is 12.0 Å². The number of carbonyl (C=O) groups is 1. The fraction of sp³-hybridized carbons (Fsp3) is 0.412. The first-order valence-electron chi connectivity index (χ1n) is 7.62. The lowest BCUT2D eigenvalue weighted by Crippen LogP contribution is -2.40.